The van der Waals surface area contributed by atoms with E-state index < -0.39 is 0 Å². The van der Waals surface area contributed by atoms with Gasteiger partial charge < -0.3 is 10.1 Å². The Balaban J connectivity index is 2.33. The first-order valence-corrected chi connectivity index (χ1v) is 5.69. The predicted octanol–water partition coefficient (Wildman–Crippen LogP) is 2.65. The van der Waals surface area contributed by atoms with Gasteiger partial charge in [-0.3, -0.25) is 0 Å². The minimum absolute atomic E-state index is 0.500. The van der Waals surface area contributed by atoms with Crippen LogP contribution in [0, 0.1) is 5.92 Å². The van der Waals surface area contributed by atoms with Gasteiger partial charge in [-0.15, -0.1) is 0 Å². The molecule has 15 heavy (non-hydrogen) atoms. The van der Waals surface area contributed by atoms with Gasteiger partial charge >= 0.3 is 0 Å². The average molecular weight is 207 g/mol. The van der Waals surface area contributed by atoms with Gasteiger partial charge in [0.25, 0.3) is 0 Å². The van der Waals surface area contributed by atoms with Crippen molar-refractivity contribution in [3.63, 3.8) is 0 Å². The fourth-order valence-electron chi connectivity index (χ4n) is 1.63. The van der Waals surface area contributed by atoms with Crippen molar-refractivity contribution in [2.24, 2.45) is 5.92 Å². The fourth-order valence-corrected chi connectivity index (χ4v) is 1.63. The van der Waals surface area contributed by atoms with E-state index >= 15 is 0 Å². The minimum Gasteiger partial charge on any atom is -0.498 e. The van der Waals surface area contributed by atoms with E-state index in [9.17, 15) is 0 Å². The molecule has 0 aliphatic heterocycles. The molecular formula is C13H21NO. The number of ether oxygens (including phenoxy) is 1. The van der Waals surface area contributed by atoms with Crippen molar-refractivity contribution in [1.82, 2.24) is 5.32 Å². The Hall–Kier alpha value is -1.02. The largest absolute Gasteiger partial charge is 0.498 e. The van der Waals surface area contributed by atoms with Crippen LogP contribution in [0.4, 0.5) is 0 Å². The van der Waals surface area contributed by atoms with E-state index in [1.807, 2.05) is 13.8 Å². The second kappa shape index (κ2) is 7.30. The molecule has 0 heterocycles. The maximum Gasteiger partial charge on any atom is 0.101 e. The van der Waals surface area contributed by atoms with Crippen LogP contribution in [0.3, 0.4) is 0 Å². The summed E-state index contributed by atoms with van der Waals surface area (Å²) >= 11 is 0. The van der Waals surface area contributed by atoms with Crippen molar-refractivity contribution in [1.29, 1.82) is 0 Å². The molecule has 1 unspecified atom stereocenters. The van der Waals surface area contributed by atoms with Gasteiger partial charge in [0.1, 0.15) is 5.76 Å². The summed E-state index contributed by atoms with van der Waals surface area (Å²) < 4.78 is 5.60. The van der Waals surface area contributed by atoms with Gasteiger partial charge in [-0.1, -0.05) is 24.3 Å². The number of hydrogen-bond donors (Lipinski definition) is 1. The number of rotatable bonds is 6. The normalized spacial score (nSPS) is 20.7. The Morgan fingerprint density at radius 1 is 1.60 bits per heavy atom. The number of hydrogen-bond acceptors (Lipinski definition) is 2. The zero-order valence-electron chi connectivity index (χ0n) is 9.70. The Kier molecular flexibility index (Phi) is 5.86. The predicted molar refractivity (Wildman–Crippen MR) is 64.6 cm³/mol. The average Bonchev–Trinajstić information content (AvgIpc) is 2.27. The lowest BCUT2D eigenvalue weighted by atomic mass is 9.98. The van der Waals surface area contributed by atoms with E-state index in [1.165, 1.54) is 0 Å². The maximum absolute atomic E-state index is 5.60. The van der Waals surface area contributed by atoms with E-state index in [0.29, 0.717) is 5.92 Å². The van der Waals surface area contributed by atoms with Gasteiger partial charge in [-0.25, -0.2) is 0 Å². The van der Waals surface area contributed by atoms with Crippen molar-refractivity contribution < 1.29 is 4.74 Å². The zero-order valence-corrected chi connectivity index (χ0v) is 9.70. The van der Waals surface area contributed by atoms with Crippen LogP contribution in [-0.2, 0) is 4.74 Å². The quantitative estimate of drug-likeness (QED) is 0.534. The molecule has 84 valence electrons. The highest BCUT2D eigenvalue weighted by Crippen LogP contribution is 2.20. The molecular weight excluding hydrogens is 186 g/mol. The van der Waals surface area contributed by atoms with Crippen molar-refractivity contribution >= 4 is 0 Å². The smallest absolute Gasteiger partial charge is 0.101 e. The first-order chi connectivity index (χ1) is 7.38. The third-order valence-corrected chi connectivity index (χ3v) is 2.42. The molecule has 0 amide bonds. The molecule has 1 atom stereocenters. The lowest BCUT2D eigenvalue weighted by Gasteiger charge is -2.21. The summed E-state index contributed by atoms with van der Waals surface area (Å²) in [6.45, 7) is 6.75. The van der Waals surface area contributed by atoms with Gasteiger partial charge in [0.05, 0.1) is 6.61 Å². The molecule has 0 fully saturated rings. The lowest BCUT2D eigenvalue weighted by Crippen LogP contribution is -2.25. The Labute approximate surface area is 92.7 Å². The summed E-state index contributed by atoms with van der Waals surface area (Å²) in [6.07, 6.45) is 11.6. The second-order valence-corrected chi connectivity index (χ2v) is 3.59. The van der Waals surface area contributed by atoms with Crippen LogP contribution in [0.25, 0.3) is 0 Å². The van der Waals surface area contributed by atoms with Crippen LogP contribution in [0.2, 0.25) is 0 Å². The van der Waals surface area contributed by atoms with Crippen LogP contribution in [-0.4, -0.2) is 19.7 Å². The summed E-state index contributed by atoms with van der Waals surface area (Å²) in [5.74, 6) is 1.62. The summed E-state index contributed by atoms with van der Waals surface area (Å²) in [4.78, 5) is 0. The van der Waals surface area contributed by atoms with Crippen LogP contribution in [0.1, 0.15) is 20.3 Å². The van der Waals surface area contributed by atoms with Gasteiger partial charge in [-0.2, -0.15) is 0 Å². The van der Waals surface area contributed by atoms with Crippen LogP contribution < -0.4 is 5.32 Å². The monoisotopic (exact) mass is 207 g/mol. The zero-order chi connectivity index (χ0) is 10.9. The topological polar surface area (TPSA) is 21.3 Å². The van der Waals surface area contributed by atoms with E-state index in [-0.39, 0.29) is 0 Å². The standard InChI is InChI=1S/C13H21NO/c1-3-5-10-14-11-12-8-6-7-9-13(12)15-4-2/h3,5-7,9,12,14H,4,8,10-11H2,1-2H3/b5-3-. The van der Waals surface area contributed by atoms with Gasteiger partial charge in [-0.05, 0) is 26.3 Å². The minimum atomic E-state index is 0.500. The van der Waals surface area contributed by atoms with Crippen LogP contribution >= 0.6 is 0 Å². The molecule has 0 bridgehead atoms. The highest BCUT2D eigenvalue weighted by Gasteiger charge is 2.15. The fraction of sp³-hybridized carbons (Fsp3) is 0.538. The molecule has 1 N–H and O–H groups in total. The molecule has 0 aromatic heterocycles. The van der Waals surface area contributed by atoms with Gasteiger partial charge in [0.2, 0.25) is 0 Å². The molecule has 2 heteroatoms. The van der Waals surface area contributed by atoms with Gasteiger partial charge in [0, 0.05) is 19.0 Å². The number of nitrogens with one attached hydrogen (secondary N) is 1. The van der Waals surface area contributed by atoms with Crippen LogP contribution in [0.5, 0.6) is 0 Å². The molecule has 0 aromatic rings. The van der Waals surface area contributed by atoms with Crippen molar-refractivity contribution in [2.75, 3.05) is 19.7 Å². The van der Waals surface area contributed by atoms with E-state index in [4.69, 9.17) is 4.74 Å². The second-order valence-electron chi connectivity index (χ2n) is 3.59. The van der Waals surface area contributed by atoms with E-state index in [2.05, 4.69) is 35.7 Å². The Morgan fingerprint density at radius 3 is 3.20 bits per heavy atom. The Bertz CT molecular complexity index is 253. The molecule has 1 aliphatic carbocycles. The van der Waals surface area contributed by atoms with Crippen molar-refractivity contribution in [2.45, 2.75) is 20.3 Å². The summed E-state index contributed by atoms with van der Waals surface area (Å²) in [7, 11) is 0. The molecule has 2 nitrogen and oxygen atoms in total. The summed E-state index contributed by atoms with van der Waals surface area (Å²) in [5.41, 5.74) is 0. The number of allylic oxidation sites excluding steroid dienone is 4. The van der Waals surface area contributed by atoms with Crippen molar-refractivity contribution in [3.8, 4) is 0 Å². The molecule has 0 aromatic carbocycles. The molecule has 0 spiro atoms. The summed E-state index contributed by atoms with van der Waals surface area (Å²) in [5, 5.41) is 3.40. The van der Waals surface area contributed by atoms with Gasteiger partial charge in [0.15, 0.2) is 0 Å². The highest BCUT2D eigenvalue weighted by atomic mass is 16.5. The Morgan fingerprint density at radius 2 is 2.47 bits per heavy atom. The third kappa shape index (κ3) is 4.34. The molecule has 0 saturated carbocycles. The molecule has 1 rings (SSSR count). The SMILES string of the molecule is C/C=C\CNCC1CC=CC=C1OCC. The molecule has 0 radical (unpaired) electrons. The van der Waals surface area contributed by atoms with Crippen LogP contribution in [0.15, 0.2) is 36.1 Å². The molecule has 0 saturated heterocycles. The van der Waals surface area contributed by atoms with Crippen molar-refractivity contribution in [3.05, 3.63) is 36.1 Å². The third-order valence-electron chi connectivity index (χ3n) is 2.42. The maximum atomic E-state index is 5.60. The lowest BCUT2D eigenvalue weighted by molar-refractivity contribution is 0.188. The van der Waals surface area contributed by atoms with E-state index in [0.717, 1.165) is 31.9 Å². The summed E-state index contributed by atoms with van der Waals surface area (Å²) in [6, 6.07) is 0. The highest BCUT2D eigenvalue weighted by molar-refractivity contribution is 5.17. The van der Waals surface area contributed by atoms with E-state index in [1.54, 1.807) is 0 Å². The first kappa shape index (κ1) is 12.1. The molecule has 1 aliphatic rings. The first-order valence-electron chi connectivity index (χ1n) is 5.69.